The largest absolute Gasteiger partial charge is 0.465 e. The van der Waals surface area contributed by atoms with Crippen molar-refractivity contribution in [3.63, 3.8) is 0 Å². The van der Waals surface area contributed by atoms with E-state index in [0.29, 0.717) is 19.2 Å². The number of nitrogens with one attached hydrogen (secondary N) is 1. The fourth-order valence-corrected chi connectivity index (χ4v) is 4.18. The Labute approximate surface area is 137 Å². The lowest BCUT2D eigenvalue weighted by Crippen LogP contribution is -2.52. The van der Waals surface area contributed by atoms with Crippen molar-refractivity contribution >= 4 is 16.0 Å². The molecule has 1 N–H and O–H groups in total. The van der Waals surface area contributed by atoms with Gasteiger partial charge in [-0.1, -0.05) is 0 Å². The van der Waals surface area contributed by atoms with Crippen molar-refractivity contribution in [2.45, 2.75) is 24.0 Å². The molecule has 0 aromatic heterocycles. The molecule has 24 heavy (non-hydrogen) atoms. The smallest absolute Gasteiger partial charge is 0.417 e. The van der Waals surface area contributed by atoms with Crippen molar-refractivity contribution in [3.8, 4) is 0 Å². The monoisotopic (exact) mass is 366 g/mol. The fraction of sp³-hybridized carbons (Fsp3) is 0.500. The Morgan fingerprint density at radius 3 is 2.58 bits per heavy atom. The van der Waals surface area contributed by atoms with Gasteiger partial charge in [0, 0.05) is 25.7 Å². The van der Waals surface area contributed by atoms with E-state index in [1.54, 1.807) is 6.92 Å². The molecule has 2 rings (SSSR count). The summed E-state index contributed by atoms with van der Waals surface area (Å²) in [5.74, 6) is -1.18. The first-order valence-corrected chi connectivity index (χ1v) is 8.55. The summed E-state index contributed by atoms with van der Waals surface area (Å²) in [5.41, 5.74) is -2.06. The number of methoxy groups -OCH3 is 1. The van der Waals surface area contributed by atoms with Crippen LogP contribution in [0.2, 0.25) is 0 Å². The van der Waals surface area contributed by atoms with Gasteiger partial charge >= 0.3 is 12.1 Å². The van der Waals surface area contributed by atoms with E-state index < -0.39 is 44.2 Å². The second-order valence-electron chi connectivity index (χ2n) is 5.37. The molecule has 10 heteroatoms. The molecule has 1 saturated heterocycles. The summed E-state index contributed by atoms with van der Waals surface area (Å²) in [6, 6.07) is 1.91. The number of carbonyl (C=O) groups excluding carboxylic acids is 1. The molecule has 0 saturated carbocycles. The highest BCUT2D eigenvalue weighted by Crippen LogP contribution is 2.34. The normalized spacial score (nSPS) is 20.0. The van der Waals surface area contributed by atoms with Gasteiger partial charge in [-0.05, 0) is 25.1 Å². The van der Waals surface area contributed by atoms with Gasteiger partial charge in [-0.3, -0.25) is 0 Å². The highest BCUT2D eigenvalue weighted by Gasteiger charge is 2.38. The molecule has 1 heterocycles. The quantitative estimate of drug-likeness (QED) is 0.820. The van der Waals surface area contributed by atoms with E-state index in [1.807, 2.05) is 0 Å². The number of rotatable bonds is 3. The van der Waals surface area contributed by atoms with Gasteiger partial charge in [0.15, 0.2) is 0 Å². The van der Waals surface area contributed by atoms with Crippen molar-refractivity contribution in [2.75, 3.05) is 26.7 Å². The van der Waals surface area contributed by atoms with E-state index in [4.69, 9.17) is 0 Å². The minimum absolute atomic E-state index is 0.156. The molecule has 0 spiro atoms. The first-order chi connectivity index (χ1) is 11.1. The minimum atomic E-state index is -4.88. The van der Waals surface area contributed by atoms with Crippen molar-refractivity contribution in [2.24, 2.45) is 0 Å². The number of ether oxygens (including phenoxy) is 1. The third-order valence-electron chi connectivity index (χ3n) is 3.75. The van der Waals surface area contributed by atoms with Crippen LogP contribution in [0.1, 0.15) is 22.8 Å². The Balaban J connectivity index is 2.53. The highest BCUT2D eigenvalue weighted by atomic mass is 32.2. The average Bonchev–Trinajstić information content (AvgIpc) is 2.53. The number of benzene rings is 1. The topological polar surface area (TPSA) is 75.7 Å². The predicted octanol–water partition coefficient (Wildman–Crippen LogP) is 1.47. The summed E-state index contributed by atoms with van der Waals surface area (Å²) in [7, 11) is -3.15. The number of hydrogen-bond acceptors (Lipinski definition) is 5. The molecule has 0 radical (unpaired) electrons. The Morgan fingerprint density at radius 1 is 1.38 bits per heavy atom. The molecule has 1 aromatic rings. The molecule has 0 aliphatic carbocycles. The molecule has 6 nitrogen and oxygen atoms in total. The highest BCUT2D eigenvalue weighted by molar-refractivity contribution is 7.89. The summed E-state index contributed by atoms with van der Waals surface area (Å²) in [6.45, 7) is 2.64. The van der Waals surface area contributed by atoms with Gasteiger partial charge in [0.2, 0.25) is 10.0 Å². The van der Waals surface area contributed by atoms with Crippen molar-refractivity contribution < 1.29 is 31.1 Å². The van der Waals surface area contributed by atoms with Gasteiger partial charge in [0.1, 0.15) is 0 Å². The average molecular weight is 366 g/mol. The Bertz CT molecular complexity index is 734. The molecule has 1 aromatic carbocycles. The number of halogens is 3. The molecular weight excluding hydrogens is 349 g/mol. The Morgan fingerprint density at radius 2 is 2.04 bits per heavy atom. The zero-order valence-electron chi connectivity index (χ0n) is 13.1. The van der Waals surface area contributed by atoms with Crippen LogP contribution in [0.3, 0.4) is 0 Å². The second kappa shape index (κ2) is 6.69. The number of hydrogen-bond donors (Lipinski definition) is 1. The summed E-state index contributed by atoms with van der Waals surface area (Å²) in [5, 5.41) is 3.01. The van der Waals surface area contributed by atoms with Crippen LogP contribution >= 0.6 is 0 Å². The molecule has 0 amide bonds. The van der Waals surface area contributed by atoms with Gasteiger partial charge in [-0.2, -0.15) is 17.5 Å². The molecule has 0 bridgehead atoms. The van der Waals surface area contributed by atoms with E-state index in [1.165, 1.54) is 0 Å². The van der Waals surface area contributed by atoms with Crippen LogP contribution in [0, 0.1) is 0 Å². The van der Waals surface area contributed by atoms with Gasteiger partial charge < -0.3 is 10.1 Å². The van der Waals surface area contributed by atoms with E-state index in [-0.39, 0.29) is 6.54 Å². The zero-order valence-corrected chi connectivity index (χ0v) is 13.9. The second-order valence-corrected chi connectivity index (χ2v) is 7.26. The number of sulfonamides is 1. The van der Waals surface area contributed by atoms with Gasteiger partial charge in [0.25, 0.3) is 0 Å². The van der Waals surface area contributed by atoms with Gasteiger partial charge in [0.05, 0.1) is 23.1 Å². The number of alkyl halides is 3. The fourth-order valence-electron chi connectivity index (χ4n) is 2.52. The summed E-state index contributed by atoms with van der Waals surface area (Å²) in [4.78, 5) is 11.0. The van der Waals surface area contributed by atoms with Crippen LogP contribution in [0.15, 0.2) is 23.1 Å². The number of esters is 1. The SMILES string of the molecule is COC(=O)c1ccc(S(=O)(=O)N2CCNCC2C)cc1C(F)(F)F. The van der Waals surface area contributed by atoms with Crippen molar-refractivity contribution in [1.29, 1.82) is 0 Å². The van der Waals surface area contributed by atoms with Crippen LogP contribution < -0.4 is 5.32 Å². The molecule has 1 unspecified atom stereocenters. The first kappa shape index (κ1) is 18.7. The standard InChI is InChI=1S/C14H17F3N2O4S/c1-9-8-18-5-6-19(9)24(21,22)10-3-4-11(13(20)23-2)12(7-10)14(15,16)17/h3-4,7,9,18H,5-6,8H2,1-2H3. The van der Waals surface area contributed by atoms with Crippen LogP contribution in [-0.4, -0.2) is 51.5 Å². The maximum absolute atomic E-state index is 13.2. The van der Waals surface area contributed by atoms with Crippen LogP contribution in [-0.2, 0) is 20.9 Å². The van der Waals surface area contributed by atoms with Crippen LogP contribution in [0.25, 0.3) is 0 Å². The lowest BCUT2D eigenvalue weighted by Gasteiger charge is -2.33. The Kier molecular flexibility index (Phi) is 5.21. The van der Waals surface area contributed by atoms with Crippen molar-refractivity contribution in [1.82, 2.24) is 9.62 Å². The summed E-state index contributed by atoms with van der Waals surface area (Å²) < 4.78 is 70.4. The van der Waals surface area contributed by atoms with Crippen molar-refractivity contribution in [3.05, 3.63) is 29.3 Å². The minimum Gasteiger partial charge on any atom is -0.465 e. The number of carbonyl (C=O) groups is 1. The maximum atomic E-state index is 13.2. The number of nitrogens with zero attached hydrogens (tertiary/aromatic N) is 1. The van der Waals surface area contributed by atoms with E-state index in [0.717, 1.165) is 23.5 Å². The molecule has 1 aliphatic rings. The van der Waals surface area contributed by atoms with E-state index >= 15 is 0 Å². The Hall–Kier alpha value is -1.65. The third-order valence-corrected chi connectivity index (χ3v) is 5.76. The van der Waals surface area contributed by atoms with Gasteiger partial charge in [-0.15, -0.1) is 0 Å². The molecule has 134 valence electrons. The lowest BCUT2D eigenvalue weighted by atomic mass is 10.1. The molecule has 1 atom stereocenters. The van der Waals surface area contributed by atoms with Gasteiger partial charge in [-0.25, -0.2) is 13.2 Å². The van der Waals surface area contributed by atoms with Crippen LogP contribution in [0.4, 0.5) is 13.2 Å². The molecule has 1 fully saturated rings. The lowest BCUT2D eigenvalue weighted by molar-refractivity contribution is -0.138. The third kappa shape index (κ3) is 3.55. The maximum Gasteiger partial charge on any atom is 0.417 e. The van der Waals surface area contributed by atoms with Crippen LogP contribution in [0.5, 0.6) is 0 Å². The summed E-state index contributed by atoms with van der Waals surface area (Å²) in [6.07, 6.45) is -4.88. The number of piperazine rings is 1. The molecule has 1 aliphatic heterocycles. The first-order valence-electron chi connectivity index (χ1n) is 7.11. The zero-order chi connectivity index (χ0) is 18.1. The van der Waals surface area contributed by atoms with E-state index in [9.17, 15) is 26.4 Å². The van der Waals surface area contributed by atoms with E-state index in [2.05, 4.69) is 10.1 Å². The predicted molar refractivity (Wildman–Crippen MR) is 79.0 cm³/mol. The summed E-state index contributed by atoms with van der Waals surface area (Å²) >= 11 is 0. The molecular formula is C14H17F3N2O4S.